The quantitative estimate of drug-likeness (QED) is 0.862. The van der Waals surface area contributed by atoms with Gasteiger partial charge in [0.25, 0.3) is 5.91 Å². The Morgan fingerprint density at radius 2 is 1.92 bits per heavy atom. The molecule has 2 heterocycles. The van der Waals surface area contributed by atoms with Gasteiger partial charge < -0.3 is 14.1 Å². The number of rotatable bonds is 3. The van der Waals surface area contributed by atoms with Crippen molar-refractivity contribution in [3.63, 3.8) is 0 Å². The zero-order valence-corrected chi connectivity index (χ0v) is 13.1. The highest BCUT2D eigenvalue weighted by Gasteiger charge is 2.64. The zero-order valence-electron chi connectivity index (χ0n) is 13.1. The summed E-state index contributed by atoms with van der Waals surface area (Å²) in [6, 6.07) is 8.95. The summed E-state index contributed by atoms with van der Waals surface area (Å²) >= 11 is 0. The lowest BCUT2D eigenvalue weighted by atomic mass is 9.92. The number of hydrogen-bond donors (Lipinski definition) is 0. The Hall–Kier alpha value is -2.35. The Morgan fingerprint density at radius 1 is 1.29 bits per heavy atom. The van der Waals surface area contributed by atoms with Crippen molar-refractivity contribution in [3.05, 3.63) is 41.8 Å². The largest absolute Gasteiger partial charge is 0.431 e. The Kier molecular flexibility index (Phi) is 3.87. The van der Waals surface area contributed by atoms with Crippen molar-refractivity contribution in [2.24, 2.45) is 0 Å². The number of alkyl halides is 3. The number of ether oxygens (including phenoxy) is 1. The molecule has 0 spiro atoms. The molecule has 0 aliphatic carbocycles. The van der Waals surface area contributed by atoms with Gasteiger partial charge >= 0.3 is 6.18 Å². The van der Waals surface area contributed by atoms with E-state index in [4.69, 9.17) is 4.42 Å². The Labute approximate surface area is 136 Å². The first kappa shape index (κ1) is 16.5. The molecular formula is C16H15F3N2O3. The number of nitrogens with zero attached hydrogens (tertiary/aromatic N) is 2. The van der Waals surface area contributed by atoms with Gasteiger partial charge in [0.05, 0.1) is 18.8 Å². The lowest BCUT2D eigenvalue weighted by Crippen LogP contribution is -2.71. The number of methoxy groups -OCH3 is 1. The summed E-state index contributed by atoms with van der Waals surface area (Å²) in [7, 11) is 0.989. The minimum absolute atomic E-state index is 0.0549. The monoisotopic (exact) mass is 340 g/mol. The minimum atomic E-state index is -4.54. The predicted octanol–water partition coefficient (Wildman–Crippen LogP) is 3.05. The molecule has 3 rings (SSSR count). The molecule has 1 aliphatic rings. The number of aromatic nitrogens is 1. The summed E-state index contributed by atoms with van der Waals surface area (Å²) in [6.07, 6.45) is -4.54. The second kappa shape index (κ2) is 5.62. The van der Waals surface area contributed by atoms with Gasteiger partial charge in [0, 0.05) is 12.7 Å². The van der Waals surface area contributed by atoms with Gasteiger partial charge in [-0.2, -0.15) is 13.2 Å². The van der Waals surface area contributed by atoms with Gasteiger partial charge in [0.1, 0.15) is 0 Å². The molecule has 5 nitrogen and oxygen atoms in total. The number of oxazole rings is 1. The lowest BCUT2D eigenvalue weighted by Gasteiger charge is -2.48. The summed E-state index contributed by atoms with van der Waals surface area (Å²) in [4.78, 5) is 17.6. The van der Waals surface area contributed by atoms with Crippen molar-refractivity contribution < 1.29 is 27.1 Å². The van der Waals surface area contributed by atoms with Crippen LogP contribution in [-0.4, -0.2) is 47.8 Å². The predicted molar refractivity (Wildman–Crippen MR) is 78.4 cm³/mol. The summed E-state index contributed by atoms with van der Waals surface area (Å²) in [5.74, 6) is -0.425. The number of hydrogen-bond acceptors (Lipinski definition) is 4. The van der Waals surface area contributed by atoms with E-state index in [1.807, 2.05) is 6.07 Å². The Morgan fingerprint density at radius 3 is 2.46 bits per heavy atom. The minimum Gasteiger partial charge on any atom is -0.431 e. The van der Waals surface area contributed by atoms with Crippen LogP contribution in [-0.2, 0) is 4.74 Å². The molecule has 1 amide bonds. The van der Waals surface area contributed by atoms with E-state index in [1.54, 1.807) is 31.2 Å². The van der Waals surface area contributed by atoms with E-state index in [0.717, 1.165) is 12.0 Å². The maximum atomic E-state index is 13.0. The van der Waals surface area contributed by atoms with Crippen molar-refractivity contribution in [1.82, 2.24) is 9.88 Å². The SMILES string of the molecule is COC1(C(F)(F)F)CN(C(=O)c2oc(-c3ccccc3)nc2C)C1. The first-order chi connectivity index (χ1) is 11.3. The third-order valence-corrected chi connectivity index (χ3v) is 4.10. The summed E-state index contributed by atoms with van der Waals surface area (Å²) in [6.45, 7) is 0.454. The van der Waals surface area contributed by atoms with E-state index in [2.05, 4.69) is 9.72 Å². The maximum absolute atomic E-state index is 13.0. The van der Waals surface area contributed by atoms with Crippen LogP contribution in [0.2, 0.25) is 0 Å². The molecule has 1 aromatic carbocycles. The standard InChI is InChI=1S/C16H15F3N2O3/c1-10-12(24-13(20-10)11-6-4-3-5-7-11)14(22)21-8-15(9-21,23-2)16(17,18)19/h3-7H,8-9H2,1-2H3. The third-order valence-electron chi connectivity index (χ3n) is 4.10. The van der Waals surface area contributed by atoms with Gasteiger partial charge in [0.2, 0.25) is 11.7 Å². The molecule has 24 heavy (non-hydrogen) atoms. The fourth-order valence-corrected chi connectivity index (χ4v) is 2.58. The zero-order chi connectivity index (χ0) is 17.5. The van der Waals surface area contributed by atoms with Gasteiger partial charge in [-0.25, -0.2) is 4.98 Å². The van der Waals surface area contributed by atoms with Gasteiger partial charge in [-0.05, 0) is 19.1 Å². The van der Waals surface area contributed by atoms with Crippen LogP contribution in [0.15, 0.2) is 34.7 Å². The topological polar surface area (TPSA) is 55.6 Å². The van der Waals surface area contributed by atoms with Crippen LogP contribution in [0.4, 0.5) is 13.2 Å². The highest BCUT2D eigenvalue weighted by atomic mass is 19.4. The molecule has 1 aliphatic heterocycles. The molecule has 0 saturated carbocycles. The van der Waals surface area contributed by atoms with E-state index in [9.17, 15) is 18.0 Å². The molecular weight excluding hydrogens is 325 g/mol. The van der Waals surface area contributed by atoms with E-state index in [-0.39, 0.29) is 11.7 Å². The van der Waals surface area contributed by atoms with Gasteiger partial charge in [-0.3, -0.25) is 4.79 Å². The van der Waals surface area contributed by atoms with Gasteiger partial charge in [-0.15, -0.1) is 0 Å². The van der Waals surface area contributed by atoms with Crippen LogP contribution < -0.4 is 0 Å². The normalized spacial score (nSPS) is 16.8. The Bertz CT molecular complexity index is 750. The molecule has 1 saturated heterocycles. The van der Waals surface area contributed by atoms with Crippen molar-refractivity contribution >= 4 is 5.91 Å². The molecule has 0 unspecified atom stereocenters. The molecule has 0 radical (unpaired) electrons. The number of benzene rings is 1. The van der Waals surface area contributed by atoms with Crippen molar-refractivity contribution in [3.8, 4) is 11.5 Å². The molecule has 0 atom stereocenters. The lowest BCUT2D eigenvalue weighted by molar-refractivity contribution is -0.303. The average molecular weight is 340 g/mol. The van der Waals surface area contributed by atoms with Crippen LogP contribution in [0.1, 0.15) is 16.2 Å². The third kappa shape index (κ3) is 2.56. The number of carbonyl (C=O) groups excluding carboxylic acids is 1. The Balaban J connectivity index is 1.79. The number of halogens is 3. The van der Waals surface area contributed by atoms with Gasteiger partial charge in [-0.1, -0.05) is 18.2 Å². The van der Waals surface area contributed by atoms with Crippen LogP contribution in [0.5, 0.6) is 0 Å². The molecule has 0 bridgehead atoms. The summed E-state index contributed by atoms with van der Waals surface area (Å²) in [5.41, 5.74) is -1.29. The summed E-state index contributed by atoms with van der Waals surface area (Å²) in [5, 5.41) is 0. The number of likely N-dealkylation sites (tertiary alicyclic amines) is 1. The van der Waals surface area contributed by atoms with Crippen molar-refractivity contribution in [2.75, 3.05) is 20.2 Å². The fourth-order valence-electron chi connectivity index (χ4n) is 2.58. The van der Waals surface area contributed by atoms with E-state index in [1.165, 1.54) is 0 Å². The van der Waals surface area contributed by atoms with Crippen molar-refractivity contribution in [2.45, 2.75) is 18.7 Å². The summed E-state index contributed by atoms with van der Waals surface area (Å²) < 4.78 is 49.1. The first-order valence-electron chi connectivity index (χ1n) is 7.21. The number of amides is 1. The van der Waals surface area contributed by atoms with E-state index < -0.39 is 30.8 Å². The molecule has 2 aromatic rings. The smallest absolute Gasteiger partial charge is 0.420 e. The second-order valence-corrected chi connectivity index (χ2v) is 5.66. The van der Waals surface area contributed by atoms with Gasteiger partial charge in [0.15, 0.2) is 5.60 Å². The van der Waals surface area contributed by atoms with Crippen LogP contribution in [0.25, 0.3) is 11.5 Å². The maximum Gasteiger partial charge on any atom is 0.420 e. The van der Waals surface area contributed by atoms with Crippen molar-refractivity contribution in [1.29, 1.82) is 0 Å². The van der Waals surface area contributed by atoms with Crippen LogP contribution in [0, 0.1) is 6.92 Å². The number of aryl methyl sites for hydroxylation is 1. The van der Waals surface area contributed by atoms with Crippen LogP contribution in [0.3, 0.4) is 0 Å². The van der Waals surface area contributed by atoms with E-state index >= 15 is 0 Å². The fraction of sp³-hybridized carbons (Fsp3) is 0.375. The number of carbonyl (C=O) groups is 1. The molecule has 8 heteroatoms. The molecule has 1 fully saturated rings. The first-order valence-corrected chi connectivity index (χ1v) is 7.21. The van der Waals surface area contributed by atoms with Crippen LogP contribution >= 0.6 is 0 Å². The molecule has 1 aromatic heterocycles. The highest BCUT2D eigenvalue weighted by molar-refractivity contribution is 5.93. The average Bonchev–Trinajstić information content (AvgIpc) is 2.88. The van der Waals surface area contributed by atoms with E-state index in [0.29, 0.717) is 11.3 Å². The second-order valence-electron chi connectivity index (χ2n) is 5.66. The highest BCUT2D eigenvalue weighted by Crippen LogP contribution is 2.41. The molecule has 128 valence electrons. The molecule has 0 N–H and O–H groups in total.